The van der Waals surface area contributed by atoms with Gasteiger partial charge in [0.1, 0.15) is 12.4 Å². The molecule has 0 unspecified atom stereocenters. The smallest absolute Gasteiger partial charge is 0.264 e. The van der Waals surface area contributed by atoms with E-state index in [1.165, 1.54) is 44.6 Å². The van der Waals surface area contributed by atoms with Gasteiger partial charge in [0.15, 0.2) is 11.5 Å². The van der Waals surface area contributed by atoms with Crippen molar-refractivity contribution in [3.8, 4) is 11.5 Å². The van der Waals surface area contributed by atoms with Crippen molar-refractivity contribution in [2.24, 2.45) is 10.5 Å². The standard InChI is InChI=1S/C22H28FN3O5S/c1-15(22(2,3)4)24-25-21(27)14-26(17-9-7-16(23)8-10-17)32(28,29)18-11-12-19(30-5)20(13-18)31-6/h7-13H,14H2,1-6H3,(H,25,27)/b24-15-. The number of hydrogen-bond acceptors (Lipinski definition) is 6. The molecule has 0 saturated heterocycles. The monoisotopic (exact) mass is 465 g/mol. The number of ether oxygens (including phenoxy) is 2. The van der Waals surface area contributed by atoms with Crippen molar-refractivity contribution in [3.63, 3.8) is 0 Å². The van der Waals surface area contributed by atoms with Crippen LogP contribution >= 0.6 is 0 Å². The molecule has 8 nitrogen and oxygen atoms in total. The number of anilines is 1. The molecule has 1 amide bonds. The van der Waals surface area contributed by atoms with Crippen molar-refractivity contribution in [2.45, 2.75) is 32.6 Å². The van der Waals surface area contributed by atoms with Gasteiger partial charge in [0, 0.05) is 17.2 Å². The van der Waals surface area contributed by atoms with E-state index in [2.05, 4.69) is 10.5 Å². The van der Waals surface area contributed by atoms with Gasteiger partial charge < -0.3 is 9.47 Å². The van der Waals surface area contributed by atoms with Crippen LogP contribution in [-0.2, 0) is 14.8 Å². The predicted molar refractivity (Wildman–Crippen MR) is 121 cm³/mol. The van der Waals surface area contributed by atoms with Gasteiger partial charge in [0.2, 0.25) is 0 Å². The Kier molecular flexibility index (Phi) is 7.84. The van der Waals surface area contributed by atoms with Crippen molar-refractivity contribution in [1.82, 2.24) is 5.43 Å². The van der Waals surface area contributed by atoms with Gasteiger partial charge in [-0.2, -0.15) is 5.10 Å². The molecule has 0 spiro atoms. The van der Waals surface area contributed by atoms with Crippen LogP contribution in [0.2, 0.25) is 0 Å². The summed E-state index contributed by atoms with van der Waals surface area (Å²) in [4.78, 5) is 12.5. The van der Waals surface area contributed by atoms with E-state index in [4.69, 9.17) is 9.47 Å². The largest absolute Gasteiger partial charge is 0.493 e. The summed E-state index contributed by atoms with van der Waals surface area (Å²) in [5, 5.41) is 4.06. The van der Waals surface area contributed by atoms with Gasteiger partial charge in [-0.1, -0.05) is 20.8 Å². The second-order valence-corrected chi connectivity index (χ2v) is 9.85. The summed E-state index contributed by atoms with van der Waals surface area (Å²) in [5.41, 5.74) is 2.91. The molecule has 0 fully saturated rings. The van der Waals surface area contributed by atoms with E-state index in [-0.39, 0.29) is 21.7 Å². The lowest BCUT2D eigenvalue weighted by molar-refractivity contribution is -0.119. The summed E-state index contributed by atoms with van der Waals surface area (Å²) in [5.74, 6) is -0.624. The molecule has 2 aromatic rings. The highest BCUT2D eigenvalue weighted by molar-refractivity contribution is 7.92. The van der Waals surface area contributed by atoms with Crippen LogP contribution in [0.5, 0.6) is 11.5 Å². The van der Waals surface area contributed by atoms with Gasteiger partial charge in [-0.05, 0) is 43.3 Å². The summed E-state index contributed by atoms with van der Waals surface area (Å²) in [6, 6.07) is 8.89. The Morgan fingerprint density at radius 2 is 1.66 bits per heavy atom. The Morgan fingerprint density at radius 3 is 2.19 bits per heavy atom. The van der Waals surface area contributed by atoms with E-state index in [1.54, 1.807) is 6.92 Å². The van der Waals surface area contributed by atoms with Gasteiger partial charge in [-0.25, -0.2) is 18.2 Å². The molecule has 0 aliphatic carbocycles. The number of halogens is 1. The van der Waals surface area contributed by atoms with Crippen molar-refractivity contribution in [2.75, 3.05) is 25.1 Å². The minimum absolute atomic E-state index is 0.118. The predicted octanol–water partition coefficient (Wildman–Crippen LogP) is 3.58. The van der Waals surface area contributed by atoms with Gasteiger partial charge in [-0.3, -0.25) is 9.10 Å². The van der Waals surface area contributed by atoms with Crippen molar-refractivity contribution < 1.29 is 27.1 Å². The number of carbonyl (C=O) groups is 1. The molecule has 0 saturated carbocycles. The van der Waals surface area contributed by atoms with Crippen LogP contribution in [-0.4, -0.2) is 40.8 Å². The lowest BCUT2D eigenvalue weighted by Gasteiger charge is -2.24. The SMILES string of the molecule is COc1ccc(S(=O)(=O)N(CC(=O)N/N=C(/C)C(C)(C)C)c2ccc(F)cc2)cc1OC. The third-order valence-electron chi connectivity index (χ3n) is 4.78. The second kappa shape index (κ2) is 9.99. The molecule has 0 heterocycles. The molecule has 0 radical (unpaired) electrons. The Bertz CT molecular complexity index is 1090. The van der Waals surface area contributed by atoms with Crippen LogP contribution in [0.15, 0.2) is 52.5 Å². The number of nitrogens with zero attached hydrogens (tertiary/aromatic N) is 2. The summed E-state index contributed by atoms with van der Waals surface area (Å²) < 4.78 is 51.5. The van der Waals surface area contributed by atoms with Gasteiger partial charge in [-0.15, -0.1) is 0 Å². The maximum absolute atomic E-state index is 13.4. The molecule has 2 rings (SSSR count). The van der Waals surface area contributed by atoms with E-state index >= 15 is 0 Å². The highest BCUT2D eigenvalue weighted by atomic mass is 32.2. The van der Waals surface area contributed by atoms with Gasteiger partial charge in [0.25, 0.3) is 15.9 Å². The third kappa shape index (κ3) is 5.97. The lowest BCUT2D eigenvalue weighted by Crippen LogP contribution is -2.40. The van der Waals surface area contributed by atoms with Crippen LogP contribution in [0.4, 0.5) is 10.1 Å². The fourth-order valence-corrected chi connectivity index (χ4v) is 3.94. The zero-order valence-electron chi connectivity index (χ0n) is 19.0. The molecule has 1 N–H and O–H groups in total. The number of hydrogen-bond donors (Lipinski definition) is 1. The Morgan fingerprint density at radius 1 is 1.06 bits per heavy atom. The molecule has 10 heteroatoms. The maximum atomic E-state index is 13.4. The molecule has 174 valence electrons. The van der Waals surface area contributed by atoms with E-state index in [9.17, 15) is 17.6 Å². The molecular formula is C22H28FN3O5S. The molecule has 0 aromatic heterocycles. The number of methoxy groups -OCH3 is 2. The number of carbonyl (C=O) groups excluding carboxylic acids is 1. The van der Waals surface area contributed by atoms with Crippen LogP contribution < -0.4 is 19.2 Å². The Labute approximate surface area is 188 Å². The number of rotatable bonds is 8. The van der Waals surface area contributed by atoms with Crippen LogP contribution in [0.25, 0.3) is 0 Å². The maximum Gasteiger partial charge on any atom is 0.264 e. The van der Waals surface area contributed by atoms with E-state index in [0.717, 1.165) is 16.4 Å². The normalized spacial score (nSPS) is 12.3. The van der Waals surface area contributed by atoms with Gasteiger partial charge in [0.05, 0.1) is 24.8 Å². The summed E-state index contributed by atoms with van der Waals surface area (Å²) in [6.07, 6.45) is 0. The Balaban J connectivity index is 2.45. The fourth-order valence-electron chi connectivity index (χ4n) is 2.51. The molecule has 0 bridgehead atoms. The van der Waals surface area contributed by atoms with Crippen molar-refractivity contribution >= 4 is 27.3 Å². The van der Waals surface area contributed by atoms with E-state index < -0.39 is 28.3 Å². The molecule has 0 aliphatic heterocycles. The van der Waals surface area contributed by atoms with Crippen LogP contribution in [0.3, 0.4) is 0 Å². The first-order valence-electron chi connectivity index (χ1n) is 9.74. The average Bonchev–Trinajstić information content (AvgIpc) is 2.75. The minimum atomic E-state index is -4.22. The second-order valence-electron chi connectivity index (χ2n) is 7.99. The number of benzene rings is 2. The zero-order valence-corrected chi connectivity index (χ0v) is 19.8. The Hall–Kier alpha value is -3.14. The molecule has 0 atom stereocenters. The van der Waals surface area contributed by atoms with Crippen molar-refractivity contribution in [3.05, 3.63) is 48.3 Å². The number of amides is 1. The number of sulfonamides is 1. The molecule has 2 aromatic carbocycles. The fraction of sp³-hybridized carbons (Fsp3) is 0.364. The quantitative estimate of drug-likeness (QED) is 0.475. The highest BCUT2D eigenvalue weighted by Gasteiger charge is 2.28. The van der Waals surface area contributed by atoms with Gasteiger partial charge >= 0.3 is 0 Å². The zero-order chi connectivity index (χ0) is 24.1. The number of nitrogens with one attached hydrogen (secondary N) is 1. The molecule has 32 heavy (non-hydrogen) atoms. The summed E-state index contributed by atoms with van der Waals surface area (Å²) >= 11 is 0. The summed E-state index contributed by atoms with van der Waals surface area (Å²) in [6.45, 7) is 7.00. The minimum Gasteiger partial charge on any atom is -0.493 e. The molecular weight excluding hydrogens is 437 g/mol. The topological polar surface area (TPSA) is 97.3 Å². The number of hydrazone groups is 1. The van der Waals surface area contributed by atoms with Crippen LogP contribution in [0.1, 0.15) is 27.7 Å². The summed E-state index contributed by atoms with van der Waals surface area (Å²) in [7, 11) is -1.40. The first-order chi connectivity index (χ1) is 14.9. The average molecular weight is 466 g/mol. The first-order valence-corrected chi connectivity index (χ1v) is 11.2. The first kappa shape index (κ1) is 25.1. The lowest BCUT2D eigenvalue weighted by atomic mass is 9.91. The van der Waals surface area contributed by atoms with E-state index in [0.29, 0.717) is 11.5 Å². The molecule has 0 aliphatic rings. The third-order valence-corrected chi connectivity index (χ3v) is 6.55. The van der Waals surface area contributed by atoms with Crippen LogP contribution in [0, 0.1) is 11.2 Å². The highest BCUT2D eigenvalue weighted by Crippen LogP contribution is 2.32. The van der Waals surface area contributed by atoms with Crippen molar-refractivity contribution in [1.29, 1.82) is 0 Å². The van der Waals surface area contributed by atoms with E-state index in [1.807, 2.05) is 20.8 Å².